The monoisotopic (exact) mass is 211 g/mol. The van der Waals surface area contributed by atoms with E-state index in [1.54, 1.807) is 11.3 Å². The molecule has 0 bridgehead atoms. The van der Waals surface area contributed by atoms with Gasteiger partial charge >= 0.3 is 0 Å². The van der Waals surface area contributed by atoms with Crippen LogP contribution in [0.25, 0.3) is 0 Å². The van der Waals surface area contributed by atoms with Crippen LogP contribution in [0.15, 0.2) is 11.7 Å². The first-order valence-electron chi connectivity index (χ1n) is 5.25. The number of nitrogens with zero attached hydrogens (tertiary/aromatic N) is 1. The lowest BCUT2D eigenvalue weighted by atomic mass is 9.77. The average Bonchev–Trinajstić information content (AvgIpc) is 2.49. The summed E-state index contributed by atoms with van der Waals surface area (Å²) in [6, 6.07) is 0. The second-order valence-electron chi connectivity index (χ2n) is 4.64. The van der Waals surface area contributed by atoms with Crippen molar-refractivity contribution in [1.29, 1.82) is 0 Å². The van der Waals surface area contributed by atoms with Crippen molar-refractivity contribution in [3.8, 4) is 0 Å². The number of thiazole rings is 1. The van der Waals surface area contributed by atoms with Gasteiger partial charge in [-0.05, 0) is 19.3 Å². The van der Waals surface area contributed by atoms with Gasteiger partial charge in [0.05, 0.1) is 11.1 Å². The maximum absolute atomic E-state index is 10.2. The molecule has 1 fully saturated rings. The third-order valence-corrected chi connectivity index (χ3v) is 3.77. The molecule has 1 aromatic rings. The van der Waals surface area contributed by atoms with Crippen molar-refractivity contribution in [2.24, 2.45) is 5.92 Å². The summed E-state index contributed by atoms with van der Waals surface area (Å²) in [5.74, 6) is 0.762. The smallest absolute Gasteiger partial charge is 0.0794 e. The number of aliphatic hydroxyl groups is 1. The van der Waals surface area contributed by atoms with Crippen molar-refractivity contribution >= 4 is 11.3 Å². The van der Waals surface area contributed by atoms with E-state index in [2.05, 4.69) is 4.98 Å². The zero-order valence-electron chi connectivity index (χ0n) is 8.57. The van der Waals surface area contributed by atoms with Gasteiger partial charge in [-0.15, -0.1) is 11.3 Å². The van der Waals surface area contributed by atoms with Crippen LogP contribution in [-0.4, -0.2) is 15.7 Å². The number of hydrogen-bond acceptors (Lipinski definition) is 3. The maximum Gasteiger partial charge on any atom is 0.0794 e. The van der Waals surface area contributed by atoms with Crippen LogP contribution in [0.2, 0.25) is 0 Å². The topological polar surface area (TPSA) is 33.1 Å². The Morgan fingerprint density at radius 3 is 2.93 bits per heavy atom. The highest BCUT2D eigenvalue weighted by atomic mass is 32.1. The Morgan fingerprint density at radius 2 is 2.43 bits per heavy atom. The molecular weight excluding hydrogens is 194 g/mol. The predicted molar refractivity (Wildman–Crippen MR) is 58.4 cm³/mol. The van der Waals surface area contributed by atoms with Crippen molar-refractivity contribution in [3.63, 3.8) is 0 Å². The van der Waals surface area contributed by atoms with E-state index >= 15 is 0 Å². The van der Waals surface area contributed by atoms with Crippen molar-refractivity contribution in [2.45, 2.75) is 44.6 Å². The van der Waals surface area contributed by atoms with Crippen LogP contribution >= 0.6 is 11.3 Å². The Balaban J connectivity index is 1.87. The Hall–Kier alpha value is -0.410. The molecule has 1 atom stereocenters. The molecule has 2 rings (SSSR count). The summed E-state index contributed by atoms with van der Waals surface area (Å²) in [5.41, 5.74) is 1.30. The van der Waals surface area contributed by atoms with Gasteiger partial charge < -0.3 is 5.11 Å². The average molecular weight is 211 g/mol. The van der Waals surface area contributed by atoms with E-state index in [0.29, 0.717) is 0 Å². The third kappa shape index (κ3) is 2.55. The molecule has 1 aromatic heterocycles. The summed E-state index contributed by atoms with van der Waals surface area (Å²) in [4.78, 5) is 5.22. The zero-order chi connectivity index (χ0) is 10.0. The normalized spacial score (nSPS) is 21.6. The highest BCUT2D eigenvalue weighted by Crippen LogP contribution is 2.35. The Bertz CT molecular complexity index is 277. The molecule has 14 heavy (non-hydrogen) atoms. The van der Waals surface area contributed by atoms with E-state index in [4.69, 9.17) is 0 Å². The molecule has 3 heteroatoms. The molecule has 1 N–H and O–H groups in total. The minimum atomic E-state index is -0.530. The SMILES string of the molecule is CC(O)(Cc1cncs1)CC1CCC1. The van der Waals surface area contributed by atoms with Crippen LogP contribution < -0.4 is 0 Å². The van der Waals surface area contributed by atoms with Crippen LogP contribution in [-0.2, 0) is 6.42 Å². The van der Waals surface area contributed by atoms with Crippen molar-refractivity contribution in [2.75, 3.05) is 0 Å². The van der Waals surface area contributed by atoms with E-state index in [1.807, 2.05) is 18.6 Å². The fourth-order valence-corrected chi connectivity index (χ4v) is 2.87. The van der Waals surface area contributed by atoms with Crippen LogP contribution in [0.3, 0.4) is 0 Å². The fraction of sp³-hybridized carbons (Fsp3) is 0.727. The first kappa shape index (κ1) is 10.1. The Labute approximate surface area is 89.0 Å². The van der Waals surface area contributed by atoms with Gasteiger partial charge in [0.1, 0.15) is 0 Å². The summed E-state index contributed by atoms with van der Waals surface area (Å²) in [7, 11) is 0. The highest BCUT2D eigenvalue weighted by Gasteiger charge is 2.29. The minimum absolute atomic E-state index is 0.530. The number of aromatic nitrogens is 1. The molecule has 1 aliphatic rings. The van der Waals surface area contributed by atoms with E-state index in [9.17, 15) is 5.11 Å². The van der Waals surface area contributed by atoms with E-state index in [-0.39, 0.29) is 0 Å². The Kier molecular flexibility index (Phi) is 2.88. The van der Waals surface area contributed by atoms with Gasteiger partial charge in [0, 0.05) is 17.5 Å². The zero-order valence-corrected chi connectivity index (χ0v) is 9.39. The molecule has 0 saturated heterocycles. The van der Waals surface area contributed by atoms with Gasteiger partial charge in [-0.1, -0.05) is 19.3 Å². The molecule has 0 spiro atoms. The first-order valence-corrected chi connectivity index (χ1v) is 6.13. The Morgan fingerprint density at radius 1 is 1.64 bits per heavy atom. The largest absolute Gasteiger partial charge is 0.390 e. The van der Waals surface area contributed by atoms with Gasteiger partial charge in [-0.2, -0.15) is 0 Å². The quantitative estimate of drug-likeness (QED) is 0.830. The molecule has 0 amide bonds. The molecule has 78 valence electrons. The van der Waals surface area contributed by atoms with Gasteiger partial charge in [0.15, 0.2) is 0 Å². The summed E-state index contributed by atoms with van der Waals surface area (Å²) in [6.07, 6.45) is 7.53. The third-order valence-electron chi connectivity index (χ3n) is 2.99. The fourth-order valence-electron chi connectivity index (χ4n) is 2.10. The van der Waals surface area contributed by atoms with E-state index in [1.165, 1.54) is 24.1 Å². The van der Waals surface area contributed by atoms with Gasteiger partial charge in [0.2, 0.25) is 0 Å². The standard InChI is InChI=1S/C11H17NOS/c1-11(13,5-9-3-2-4-9)6-10-7-12-8-14-10/h7-9,13H,2-6H2,1H3. The van der Waals surface area contributed by atoms with Crippen molar-refractivity contribution in [3.05, 3.63) is 16.6 Å². The lowest BCUT2D eigenvalue weighted by molar-refractivity contribution is 0.0210. The second-order valence-corrected chi connectivity index (χ2v) is 5.61. The molecule has 0 aromatic carbocycles. The number of hydrogen-bond donors (Lipinski definition) is 1. The van der Waals surface area contributed by atoms with Crippen molar-refractivity contribution < 1.29 is 5.11 Å². The van der Waals surface area contributed by atoms with Gasteiger partial charge in [-0.3, -0.25) is 4.98 Å². The van der Waals surface area contributed by atoms with Crippen molar-refractivity contribution in [1.82, 2.24) is 4.98 Å². The van der Waals surface area contributed by atoms with Crippen LogP contribution in [0.1, 0.15) is 37.5 Å². The lowest BCUT2D eigenvalue weighted by Gasteiger charge is -2.33. The molecule has 1 aliphatic carbocycles. The van der Waals surface area contributed by atoms with Gasteiger partial charge in [-0.25, -0.2) is 0 Å². The van der Waals surface area contributed by atoms with Crippen LogP contribution in [0.5, 0.6) is 0 Å². The first-order chi connectivity index (χ1) is 6.66. The minimum Gasteiger partial charge on any atom is -0.390 e. The molecule has 1 unspecified atom stereocenters. The van der Waals surface area contributed by atoms with Crippen LogP contribution in [0.4, 0.5) is 0 Å². The summed E-state index contributed by atoms with van der Waals surface area (Å²) in [5, 5.41) is 10.2. The molecule has 0 aliphatic heterocycles. The molecule has 1 saturated carbocycles. The summed E-state index contributed by atoms with van der Waals surface area (Å²) < 4.78 is 0. The molecule has 2 nitrogen and oxygen atoms in total. The van der Waals surface area contributed by atoms with E-state index in [0.717, 1.165) is 18.8 Å². The molecular formula is C11H17NOS. The maximum atomic E-state index is 10.2. The predicted octanol–water partition coefficient (Wildman–Crippen LogP) is 2.63. The molecule has 1 heterocycles. The summed E-state index contributed by atoms with van der Waals surface area (Å²) in [6.45, 7) is 1.95. The number of rotatable bonds is 4. The lowest BCUT2D eigenvalue weighted by Crippen LogP contribution is -2.32. The summed E-state index contributed by atoms with van der Waals surface area (Å²) >= 11 is 1.63. The van der Waals surface area contributed by atoms with E-state index < -0.39 is 5.60 Å². The molecule has 0 radical (unpaired) electrons. The van der Waals surface area contributed by atoms with Crippen LogP contribution in [0, 0.1) is 5.92 Å². The highest BCUT2D eigenvalue weighted by molar-refractivity contribution is 7.09. The second kappa shape index (κ2) is 3.99. The van der Waals surface area contributed by atoms with Gasteiger partial charge in [0.25, 0.3) is 0 Å².